The van der Waals surface area contributed by atoms with Gasteiger partial charge in [-0.2, -0.15) is 11.8 Å². The predicted octanol–water partition coefficient (Wildman–Crippen LogP) is -0.113. The molecule has 5 heteroatoms. The van der Waals surface area contributed by atoms with Crippen molar-refractivity contribution >= 4 is 24.0 Å². The number of thioether (sulfide) groups is 1. The van der Waals surface area contributed by atoms with Gasteiger partial charge >= 0.3 is 5.97 Å². The van der Waals surface area contributed by atoms with Crippen molar-refractivity contribution in [2.45, 2.75) is 5.54 Å². The average Bonchev–Trinajstić information content (AvgIpc) is 2.03. The number of hydrogen-bond acceptors (Lipinski definition) is 4. The lowest BCUT2D eigenvalue weighted by atomic mass is 9.95. The van der Waals surface area contributed by atoms with Crippen LogP contribution in [-0.4, -0.2) is 34.9 Å². The minimum atomic E-state index is -1.93. The molecule has 0 aromatic heterocycles. The zero-order chi connectivity index (χ0) is 9.78. The molecule has 0 amide bonds. The first kappa shape index (κ1) is 11.2. The van der Waals surface area contributed by atoms with Crippen LogP contribution in [0.2, 0.25) is 0 Å². The summed E-state index contributed by atoms with van der Waals surface area (Å²) in [6.07, 6.45) is 1.98. The second kappa shape index (κ2) is 4.27. The fourth-order valence-electron chi connectivity index (χ4n) is 0.579. The summed E-state index contributed by atoms with van der Waals surface area (Å²) in [4.78, 5) is 21.0. The number of aliphatic carboxylic acids is 1. The fourth-order valence-corrected chi connectivity index (χ4v) is 1.17. The van der Waals surface area contributed by atoms with E-state index in [1.807, 2.05) is 0 Å². The van der Waals surface area contributed by atoms with E-state index in [1.165, 1.54) is 11.8 Å². The highest BCUT2D eigenvalue weighted by molar-refractivity contribution is 7.98. The monoisotopic (exact) mass is 189 g/mol. The van der Waals surface area contributed by atoms with Gasteiger partial charge in [0.05, 0.1) is 0 Å². The Morgan fingerprint density at radius 1 is 1.83 bits per heavy atom. The van der Waals surface area contributed by atoms with E-state index in [1.54, 1.807) is 6.26 Å². The summed E-state index contributed by atoms with van der Waals surface area (Å²) in [5.74, 6) is -1.00. The number of rotatable bonds is 5. The van der Waals surface area contributed by atoms with Gasteiger partial charge in [0, 0.05) is 5.75 Å². The zero-order valence-electron chi connectivity index (χ0n) is 6.74. The van der Waals surface area contributed by atoms with Crippen molar-refractivity contribution in [2.24, 2.45) is 5.73 Å². The van der Waals surface area contributed by atoms with E-state index in [2.05, 4.69) is 6.58 Å². The molecule has 0 rings (SSSR count). The molecular formula is C7H11NO3S. The van der Waals surface area contributed by atoms with Crippen molar-refractivity contribution in [2.75, 3.05) is 12.0 Å². The van der Waals surface area contributed by atoms with Crippen LogP contribution in [0.5, 0.6) is 0 Å². The first-order valence-corrected chi connectivity index (χ1v) is 4.54. The van der Waals surface area contributed by atoms with E-state index < -0.39 is 11.5 Å². The minimum Gasteiger partial charge on any atom is -0.479 e. The van der Waals surface area contributed by atoms with Gasteiger partial charge in [-0.1, -0.05) is 6.58 Å². The number of nitrogens with two attached hydrogens (primary N) is 1. The summed E-state index contributed by atoms with van der Waals surface area (Å²) >= 11 is 1.37. The molecule has 0 aliphatic rings. The molecule has 1 atom stereocenters. The lowest BCUT2D eigenvalue weighted by Gasteiger charge is -2.19. The summed E-state index contributed by atoms with van der Waals surface area (Å²) in [6.45, 7) is 3.45. The highest BCUT2D eigenvalue weighted by atomic mass is 32.2. The van der Waals surface area contributed by atoms with Gasteiger partial charge in [-0.05, 0) is 11.8 Å². The van der Waals surface area contributed by atoms with Crippen molar-refractivity contribution in [1.29, 1.82) is 0 Å². The smallest absolute Gasteiger partial charge is 0.335 e. The van der Waals surface area contributed by atoms with Gasteiger partial charge in [0.2, 0.25) is 0 Å². The Balaban J connectivity index is 4.63. The normalized spacial score (nSPS) is 14.8. The molecule has 0 aliphatic heterocycles. The van der Waals surface area contributed by atoms with Crippen molar-refractivity contribution in [1.82, 2.24) is 0 Å². The molecule has 0 aliphatic carbocycles. The van der Waals surface area contributed by atoms with Crippen LogP contribution in [0.3, 0.4) is 0 Å². The van der Waals surface area contributed by atoms with Crippen LogP contribution in [-0.2, 0) is 9.59 Å². The maximum absolute atomic E-state index is 10.5. The number of carboxylic acids is 1. The van der Waals surface area contributed by atoms with Crippen LogP contribution >= 0.6 is 11.8 Å². The number of carbonyl (C=O) groups excluding carboxylic acids is 1. The Morgan fingerprint density at radius 3 is 2.58 bits per heavy atom. The Hall–Kier alpha value is -0.810. The van der Waals surface area contributed by atoms with Crippen molar-refractivity contribution < 1.29 is 14.7 Å². The molecule has 3 N–H and O–H groups in total. The van der Waals surface area contributed by atoms with Gasteiger partial charge < -0.3 is 15.6 Å². The Bertz CT molecular complexity index is 217. The molecule has 4 nitrogen and oxygen atoms in total. The van der Waals surface area contributed by atoms with Crippen LogP contribution < -0.4 is 5.73 Å². The summed E-state index contributed by atoms with van der Waals surface area (Å²) in [7, 11) is 0. The third-order valence-electron chi connectivity index (χ3n) is 1.44. The molecular weight excluding hydrogens is 178 g/mol. The maximum Gasteiger partial charge on any atom is 0.335 e. The Labute approximate surface area is 74.8 Å². The average molecular weight is 189 g/mol. The molecule has 0 fully saturated rings. The molecule has 0 aromatic rings. The number of aldehydes is 1. The maximum atomic E-state index is 10.5. The van der Waals surface area contributed by atoms with Gasteiger partial charge in [-0.3, -0.25) is 0 Å². The lowest BCUT2D eigenvalue weighted by Crippen LogP contribution is -2.51. The van der Waals surface area contributed by atoms with Gasteiger partial charge in [0.25, 0.3) is 0 Å². The summed E-state index contributed by atoms with van der Waals surface area (Å²) < 4.78 is 0. The second-order valence-corrected chi connectivity index (χ2v) is 3.19. The summed E-state index contributed by atoms with van der Waals surface area (Å²) in [6, 6.07) is 0. The molecule has 0 saturated carbocycles. The number of carboxylic acid groups (broad SMARTS) is 1. The van der Waals surface area contributed by atoms with Crippen LogP contribution in [0.1, 0.15) is 0 Å². The van der Waals surface area contributed by atoms with Gasteiger partial charge in [0.15, 0.2) is 11.8 Å². The standard InChI is InChI=1S/C7H11NO3S/c1-5(3-12-2)7(8,4-9)6(10)11/h4H,1,3,8H2,2H3,(H,10,11)/t7-/m0/s1. The van der Waals surface area contributed by atoms with Crippen LogP contribution in [0, 0.1) is 0 Å². The number of carbonyl (C=O) groups is 2. The highest BCUT2D eigenvalue weighted by Gasteiger charge is 2.36. The third-order valence-corrected chi connectivity index (χ3v) is 2.08. The van der Waals surface area contributed by atoms with Crippen LogP contribution in [0.4, 0.5) is 0 Å². The first-order valence-electron chi connectivity index (χ1n) is 3.14. The molecule has 0 bridgehead atoms. The Kier molecular flexibility index (Phi) is 3.99. The molecule has 0 heterocycles. The molecule has 68 valence electrons. The predicted molar refractivity (Wildman–Crippen MR) is 48.1 cm³/mol. The largest absolute Gasteiger partial charge is 0.479 e. The van der Waals surface area contributed by atoms with E-state index in [4.69, 9.17) is 10.8 Å². The van der Waals surface area contributed by atoms with Crippen molar-refractivity contribution in [3.63, 3.8) is 0 Å². The molecule has 0 unspecified atom stereocenters. The second-order valence-electron chi connectivity index (χ2n) is 2.33. The molecule has 12 heavy (non-hydrogen) atoms. The molecule has 0 spiro atoms. The van der Waals surface area contributed by atoms with E-state index in [0.29, 0.717) is 5.75 Å². The van der Waals surface area contributed by atoms with E-state index in [-0.39, 0.29) is 11.9 Å². The van der Waals surface area contributed by atoms with Crippen molar-refractivity contribution in [3.05, 3.63) is 12.2 Å². The van der Waals surface area contributed by atoms with Crippen LogP contribution in [0.15, 0.2) is 12.2 Å². The van der Waals surface area contributed by atoms with Gasteiger partial charge in [0.1, 0.15) is 0 Å². The van der Waals surface area contributed by atoms with E-state index in [0.717, 1.165) is 0 Å². The molecule has 0 saturated heterocycles. The molecule has 0 radical (unpaired) electrons. The van der Waals surface area contributed by atoms with Gasteiger partial charge in [-0.15, -0.1) is 0 Å². The third kappa shape index (κ3) is 2.09. The van der Waals surface area contributed by atoms with Gasteiger partial charge in [-0.25, -0.2) is 4.79 Å². The summed E-state index contributed by atoms with van der Waals surface area (Å²) in [5.41, 5.74) is 3.57. The first-order chi connectivity index (χ1) is 5.49. The fraction of sp³-hybridized carbons (Fsp3) is 0.429. The quantitative estimate of drug-likeness (QED) is 0.358. The highest BCUT2D eigenvalue weighted by Crippen LogP contribution is 2.14. The summed E-state index contributed by atoms with van der Waals surface area (Å²) in [5, 5.41) is 8.60. The Morgan fingerprint density at radius 2 is 2.33 bits per heavy atom. The molecule has 0 aromatic carbocycles. The topological polar surface area (TPSA) is 80.4 Å². The van der Waals surface area contributed by atoms with Crippen LogP contribution in [0.25, 0.3) is 0 Å². The van der Waals surface area contributed by atoms with Crippen molar-refractivity contribution in [3.8, 4) is 0 Å². The minimum absolute atomic E-state index is 0.202. The number of hydrogen-bond donors (Lipinski definition) is 2. The lowest BCUT2D eigenvalue weighted by molar-refractivity contribution is -0.143. The SMILES string of the molecule is C=C(CSC)[C@@](N)(C=O)C(=O)O. The zero-order valence-corrected chi connectivity index (χ0v) is 7.56. The van der Waals surface area contributed by atoms with E-state index >= 15 is 0 Å². The van der Waals surface area contributed by atoms with E-state index in [9.17, 15) is 9.59 Å².